The molecule has 0 heterocycles. The summed E-state index contributed by atoms with van der Waals surface area (Å²) in [6.45, 7) is -0.549. The van der Waals surface area contributed by atoms with Crippen LogP contribution in [-0.2, 0) is 4.79 Å². The van der Waals surface area contributed by atoms with Gasteiger partial charge in [0.25, 0.3) is 5.91 Å². The number of nitrogen functional groups attached to an aromatic ring is 1. The number of carboxylic acid groups (broad SMARTS) is 1. The molecular weight excluding hydrogens is 239 g/mol. The third kappa shape index (κ3) is 2.83. The fourth-order valence-corrected chi connectivity index (χ4v) is 1.23. The first-order valence-electron chi connectivity index (χ1n) is 4.16. The molecular formula is C9H8ClFN2O3. The van der Waals surface area contributed by atoms with Crippen molar-refractivity contribution in [3.63, 3.8) is 0 Å². The maximum atomic E-state index is 12.9. The van der Waals surface area contributed by atoms with Crippen LogP contribution in [0.5, 0.6) is 0 Å². The molecule has 4 N–H and O–H groups in total. The number of rotatable bonds is 3. The number of anilines is 1. The Kier molecular flexibility index (Phi) is 3.68. The lowest BCUT2D eigenvalue weighted by Crippen LogP contribution is -2.29. The molecule has 5 nitrogen and oxygen atoms in total. The molecule has 86 valence electrons. The molecule has 0 radical (unpaired) electrons. The molecule has 1 amide bonds. The van der Waals surface area contributed by atoms with Crippen LogP contribution >= 0.6 is 11.6 Å². The van der Waals surface area contributed by atoms with Gasteiger partial charge in [0.15, 0.2) is 0 Å². The predicted octanol–water partition coefficient (Wildman–Crippen LogP) is 0.876. The first kappa shape index (κ1) is 12.3. The second-order valence-corrected chi connectivity index (χ2v) is 3.34. The molecule has 0 aliphatic carbocycles. The average molecular weight is 247 g/mol. The number of nitrogens with two attached hydrogens (primary N) is 1. The van der Waals surface area contributed by atoms with Crippen LogP contribution in [0.25, 0.3) is 0 Å². The van der Waals surface area contributed by atoms with Crippen molar-refractivity contribution < 1.29 is 19.1 Å². The van der Waals surface area contributed by atoms with Gasteiger partial charge in [0.05, 0.1) is 16.3 Å². The molecule has 0 bridgehead atoms. The van der Waals surface area contributed by atoms with Gasteiger partial charge >= 0.3 is 5.97 Å². The van der Waals surface area contributed by atoms with Crippen molar-refractivity contribution in [1.29, 1.82) is 0 Å². The van der Waals surface area contributed by atoms with Crippen molar-refractivity contribution in [2.75, 3.05) is 12.3 Å². The number of amides is 1. The Morgan fingerprint density at radius 1 is 1.50 bits per heavy atom. The summed E-state index contributed by atoms with van der Waals surface area (Å²) in [6.07, 6.45) is 0. The largest absolute Gasteiger partial charge is 0.480 e. The van der Waals surface area contributed by atoms with E-state index in [9.17, 15) is 14.0 Å². The Bertz CT molecular complexity index is 451. The SMILES string of the molecule is Nc1cc(C(=O)NCC(=O)O)c(Cl)cc1[19F]. The molecule has 0 aliphatic heterocycles. The highest BCUT2D eigenvalue weighted by atomic mass is 35.5. The van der Waals surface area contributed by atoms with E-state index in [-0.39, 0.29) is 16.3 Å². The summed E-state index contributed by atoms with van der Waals surface area (Å²) >= 11 is 5.61. The summed E-state index contributed by atoms with van der Waals surface area (Å²) in [7, 11) is 0. The second-order valence-electron chi connectivity index (χ2n) is 2.93. The number of carboxylic acids is 1. The molecule has 1 rings (SSSR count). The van der Waals surface area contributed by atoms with E-state index in [1.165, 1.54) is 0 Å². The van der Waals surface area contributed by atoms with E-state index in [2.05, 4.69) is 5.32 Å². The van der Waals surface area contributed by atoms with Crippen molar-refractivity contribution in [3.8, 4) is 0 Å². The number of hydrogen-bond acceptors (Lipinski definition) is 3. The van der Waals surface area contributed by atoms with E-state index >= 15 is 0 Å². The van der Waals surface area contributed by atoms with E-state index < -0.39 is 24.2 Å². The van der Waals surface area contributed by atoms with Gasteiger partial charge in [-0.25, -0.2) is 4.39 Å². The van der Waals surface area contributed by atoms with Gasteiger partial charge in [-0.15, -0.1) is 0 Å². The van der Waals surface area contributed by atoms with E-state index in [1.54, 1.807) is 0 Å². The van der Waals surface area contributed by atoms with Gasteiger partial charge in [-0.2, -0.15) is 0 Å². The highest BCUT2D eigenvalue weighted by molar-refractivity contribution is 6.34. The third-order valence-electron chi connectivity index (χ3n) is 1.73. The van der Waals surface area contributed by atoms with Gasteiger partial charge in [0.2, 0.25) is 0 Å². The molecule has 0 fully saturated rings. The molecule has 0 unspecified atom stereocenters. The standard InChI is InChI=1S/C9H8ClFN2O3/c10-5-2-6(11)7(12)1-4(5)9(16)13-3-8(14)15/h1-2H,3,12H2,(H,13,16)(H,14,15)/i11+0. The van der Waals surface area contributed by atoms with Crippen LogP contribution in [-0.4, -0.2) is 23.5 Å². The maximum absolute atomic E-state index is 12.9. The topological polar surface area (TPSA) is 92.4 Å². The van der Waals surface area contributed by atoms with E-state index in [1.807, 2.05) is 0 Å². The number of carbonyl (C=O) groups excluding carboxylic acids is 1. The normalized spacial score (nSPS) is 9.88. The Morgan fingerprint density at radius 2 is 2.12 bits per heavy atom. The minimum absolute atomic E-state index is 0.0678. The Labute approximate surface area is 95.0 Å². The summed E-state index contributed by atoms with van der Waals surface area (Å²) in [4.78, 5) is 21.6. The van der Waals surface area contributed by atoms with Crippen LogP contribution in [0.15, 0.2) is 12.1 Å². The lowest BCUT2D eigenvalue weighted by atomic mass is 10.2. The lowest BCUT2D eigenvalue weighted by Gasteiger charge is -2.06. The minimum Gasteiger partial charge on any atom is -0.480 e. The highest BCUT2D eigenvalue weighted by Crippen LogP contribution is 2.22. The zero-order valence-electron chi connectivity index (χ0n) is 7.96. The number of carbonyl (C=O) groups is 2. The summed E-state index contributed by atoms with van der Waals surface area (Å²) in [5.74, 6) is -2.65. The Morgan fingerprint density at radius 3 is 2.69 bits per heavy atom. The van der Waals surface area contributed by atoms with Crippen LogP contribution in [0, 0.1) is 5.82 Å². The van der Waals surface area contributed by atoms with Crippen molar-refractivity contribution in [2.24, 2.45) is 0 Å². The minimum atomic E-state index is -1.19. The summed E-state index contributed by atoms with van der Waals surface area (Å²) < 4.78 is 12.9. The molecule has 7 heteroatoms. The van der Waals surface area contributed by atoms with Gasteiger partial charge in [-0.05, 0) is 12.1 Å². The fourth-order valence-electron chi connectivity index (χ4n) is 0.991. The number of halogens is 2. The summed E-state index contributed by atoms with van der Waals surface area (Å²) in [6, 6.07) is 1.95. The van der Waals surface area contributed by atoms with Gasteiger partial charge in [0.1, 0.15) is 12.4 Å². The Hall–Kier alpha value is -1.82. The van der Waals surface area contributed by atoms with Crippen LogP contribution in [0.4, 0.5) is 10.1 Å². The zero-order chi connectivity index (χ0) is 12.3. The van der Waals surface area contributed by atoms with Crippen molar-refractivity contribution in [1.82, 2.24) is 5.32 Å². The van der Waals surface area contributed by atoms with E-state index in [0.29, 0.717) is 0 Å². The number of aliphatic carboxylic acids is 1. The van der Waals surface area contributed by atoms with Gasteiger partial charge in [0, 0.05) is 0 Å². The van der Waals surface area contributed by atoms with Crippen molar-refractivity contribution >= 4 is 29.2 Å². The lowest BCUT2D eigenvalue weighted by molar-refractivity contribution is -0.135. The molecule has 0 saturated heterocycles. The first-order valence-corrected chi connectivity index (χ1v) is 4.54. The van der Waals surface area contributed by atoms with Crippen LogP contribution in [0.3, 0.4) is 0 Å². The molecule has 0 aliphatic rings. The second kappa shape index (κ2) is 4.80. The van der Waals surface area contributed by atoms with Crippen LogP contribution in [0.2, 0.25) is 5.02 Å². The van der Waals surface area contributed by atoms with Crippen molar-refractivity contribution in [3.05, 3.63) is 28.5 Å². The molecule has 0 atom stereocenters. The van der Waals surface area contributed by atoms with Gasteiger partial charge < -0.3 is 16.2 Å². The molecule has 0 saturated carbocycles. The van der Waals surface area contributed by atoms with E-state index in [0.717, 1.165) is 12.1 Å². The number of hydrogen-bond donors (Lipinski definition) is 3. The quantitative estimate of drug-likeness (QED) is 0.690. The number of nitrogens with one attached hydrogen (secondary N) is 1. The molecule has 0 spiro atoms. The summed E-state index contributed by atoms with van der Waals surface area (Å²) in [5.41, 5.74) is 4.95. The molecule has 1 aromatic rings. The zero-order valence-corrected chi connectivity index (χ0v) is 8.71. The highest BCUT2D eigenvalue weighted by Gasteiger charge is 2.14. The fraction of sp³-hybridized carbons (Fsp3) is 0.111. The molecule has 0 aromatic heterocycles. The molecule has 1 aromatic carbocycles. The monoisotopic (exact) mass is 246 g/mol. The first-order chi connectivity index (χ1) is 7.41. The number of benzene rings is 1. The van der Waals surface area contributed by atoms with Crippen molar-refractivity contribution in [2.45, 2.75) is 0 Å². The van der Waals surface area contributed by atoms with Crippen LogP contribution in [0.1, 0.15) is 10.4 Å². The van der Waals surface area contributed by atoms with E-state index in [4.69, 9.17) is 22.4 Å². The predicted molar refractivity (Wildman–Crippen MR) is 55.8 cm³/mol. The Balaban J connectivity index is 2.91. The van der Waals surface area contributed by atoms with Crippen LogP contribution < -0.4 is 11.1 Å². The average Bonchev–Trinajstić information content (AvgIpc) is 2.20. The molecule has 16 heavy (non-hydrogen) atoms. The smallest absolute Gasteiger partial charge is 0.322 e. The van der Waals surface area contributed by atoms with Gasteiger partial charge in [-0.3, -0.25) is 9.59 Å². The van der Waals surface area contributed by atoms with Gasteiger partial charge in [-0.1, -0.05) is 11.6 Å². The maximum Gasteiger partial charge on any atom is 0.322 e. The third-order valence-corrected chi connectivity index (χ3v) is 2.04. The summed E-state index contributed by atoms with van der Waals surface area (Å²) in [5, 5.41) is 10.3.